The smallest absolute Gasteiger partial charge is 0.260 e. The lowest BCUT2D eigenvalue weighted by molar-refractivity contribution is -0.141. The van der Waals surface area contributed by atoms with Gasteiger partial charge >= 0.3 is 0 Å². The number of carbonyl (C=O) groups excluding carboxylic acids is 2. The van der Waals surface area contributed by atoms with Gasteiger partial charge in [-0.05, 0) is 24.3 Å². The van der Waals surface area contributed by atoms with E-state index in [0.29, 0.717) is 42.4 Å². The number of aromatic nitrogens is 2. The molecule has 2 heterocycles. The first-order valence-corrected chi connectivity index (χ1v) is 9.90. The number of rotatable bonds is 6. The normalized spacial score (nSPS) is 16.0. The van der Waals surface area contributed by atoms with E-state index in [0.717, 1.165) is 5.56 Å². The molecule has 158 valence electrons. The molecule has 8 nitrogen and oxygen atoms in total. The number of para-hydroxylation sites is 1. The summed E-state index contributed by atoms with van der Waals surface area (Å²) in [5.41, 5.74) is 7.79. The summed E-state index contributed by atoms with van der Waals surface area (Å²) < 4.78 is 11.5. The highest BCUT2D eigenvalue weighted by molar-refractivity contribution is 5.93. The van der Waals surface area contributed by atoms with Crippen LogP contribution in [-0.2, 0) is 9.53 Å². The predicted octanol–water partition coefficient (Wildman–Crippen LogP) is 2.22. The zero-order valence-electron chi connectivity index (χ0n) is 16.8. The third kappa shape index (κ3) is 4.87. The first kappa shape index (κ1) is 20.5. The van der Waals surface area contributed by atoms with Crippen molar-refractivity contribution in [1.29, 1.82) is 0 Å². The van der Waals surface area contributed by atoms with Gasteiger partial charge in [-0.2, -0.15) is 0 Å². The number of hydrogen-bond donors (Lipinski definition) is 1. The second-order valence-electron chi connectivity index (χ2n) is 7.03. The number of morpholine rings is 1. The van der Waals surface area contributed by atoms with Gasteiger partial charge in [0.25, 0.3) is 5.91 Å². The molecule has 2 aromatic carbocycles. The van der Waals surface area contributed by atoms with Gasteiger partial charge in [-0.15, -0.1) is 0 Å². The summed E-state index contributed by atoms with van der Waals surface area (Å²) in [5, 5.41) is 0. The number of benzene rings is 2. The Morgan fingerprint density at radius 2 is 1.81 bits per heavy atom. The summed E-state index contributed by atoms with van der Waals surface area (Å²) in [5.74, 6) is 0.0399. The minimum absolute atomic E-state index is 0.0430. The Balaban J connectivity index is 1.48. The fraction of sp³-hybridized carbons (Fsp3) is 0.217. The topological polar surface area (TPSA) is 108 Å². The summed E-state index contributed by atoms with van der Waals surface area (Å²) in [7, 11) is 0. The van der Waals surface area contributed by atoms with E-state index < -0.39 is 12.0 Å². The molecule has 0 unspecified atom stereocenters. The van der Waals surface area contributed by atoms with Crippen LogP contribution in [0.5, 0.6) is 5.75 Å². The van der Waals surface area contributed by atoms with E-state index >= 15 is 0 Å². The minimum Gasteiger partial charge on any atom is -0.484 e. The molecule has 4 rings (SSSR count). The van der Waals surface area contributed by atoms with Crippen molar-refractivity contribution in [2.75, 3.05) is 26.3 Å². The molecule has 0 saturated carbocycles. The maximum absolute atomic E-state index is 12.7. The second kappa shape index (κ2) is 9.36. The van der Waals surface area contributed by atoms with Crippen LogP contribution in [0.3, 0.4) is 0 Å². The maximum atomic E-state index is 12.7. The van der Waals surface area contributed by atoms with Crippen molar-refractivity contribution in [3.05, 3.63) is 78.2 Å². The number of nitrogens with zero attached hydrogens (tertiary/aromatic N) is 3. The Bertz CT molecular complexity index is 1060. The molecule has 1 fully saturated rings. The molecule has 2 N–H and O–H groups in total. The summed E-state index contributed by atoms with van der Waals surface area (Å²) in [6, 6.07) is 16.1. The predicted molar refractivity (Wildman–Crippen MR) is 113 cm³/mol. The van der Waals surface area contributed by atoms with E-state index in [1.165, 1.54) is 0 Å². The van der Waals surface area contributed by atoms with Crippen molar-refractivity contribution < 1.29 is 19.1 Å². The van der Waals surface area contributed by atoms with E-state index in [-0.39, 0.29) is 12.5 Å². The second-order valence-corrected chi connectivity index (χ2v) is 7.03. The summed E-state index contributed by atoms with van der Waals surface area (Å²) in [6.07, 6.45) is 2.77. The van der Waals surface area contributed by atoms with Crippen LogP contribution in [0.25, 0.3) is 11.3 Å². The van der Waals surface area contributed by atoms with Crippen molar-refractivity contribution in [3.8, 4) is 17.0 Å². The Morgan fingerprint density at radius 1 is 1.06 bits per heavy atom. The molecule has 1 atom stereocenters. The van der Waals surface area contributed by atoms with Gasteiger partial charge < -0.3 is 20.1 Å². The Morgan fingerprint density at radius 3 is 2.55 bits per heavy atom. The van der Waals surface area contributed by atoms with Crippen LogP contribution in [0.1, 0.15) is 22.2 Å². The standard InChI is InChI=1S/C23H22N4O4/c24-23(29)17-8-6-16(7-9-17)21-22(26-11-10-25-21)19-14-27(12-13-30-19)20(28)15-31-18-4-2-1-3-5-18/h1-11,19H,12-15H2,(H2,24,29)/t19-/m0/s1. The van der Waals surface area contributed by atoms with Crippen molar-refractivity contribution in [2.45, 2.75) is 6.10 Å². The lowest BCUT2D eigenvalue weighted by Gasteiger charge is -2.33. The number of primary amides is 1. The highest BCUT2D eigenvalue weighted by Gasteiger charge is 2.29. The first-order chi connectivity index (χ1) is 15.1. The van der Waals surface area contributed by atoms with Crippen LogP contribution < -0.4 is 10.5 Å². The number of carbonyl (C=O) groups is 2. The largest absolute Gasteiger partial charge is 0.484 e. The van der Waals surface area contributed by atoms with Crippen molar-refractivity contribution in [3.63, 3.8) is 0 Å². The number of hydrogen-bond acceptors (Lipinski definition) is 6. The van der Waals surface area contributed by atoms with E-state index in [1.807, 2.05) is 30.3 Å². The molecule has 1 aliphatic heterocycles. The fourth-order valence-corrected chi connectivity index (χ4v) is 3.39. The van der Waals surface area contributed by atoms with E-state index in [1.54, 1.807) is 41.6 Å². The number of ether oxygens (including phenoxy) is 2. The average Bonchev–Trinajstić information content (AvgIpc) is 2.83. The summed E-state index contributed by atoms with van der Waals surface area (Å²) in [4.78, 5) is 34.7. The van der Waals surface area contributed by atoms with Gasteiger partial charge in [-0.25, -0.2) is 0 Å². The molecule has 1 aliphatic rings. The molecule has 0 radical (unpaired) electrons. The van der Waals surface area contributed by atoms with E-state index in [2.05, 4.69) is 9.97 Å². The van der Waals surface area contributed by atoms with Crippen LogP contribution in [0.2, 0.25) is 0 Å². The molecular weight excluding hydrogens is 396 g/mol. The molecule has 0 aliphatic carbocycles. The summed E-state index contributed by atoms with van der Waals surface area (Å²) >= 11 is 0. The molecule has 2 amide bonds. The van der Waals surface area contributed by atoms with Crippen molar-refractivity contribution >= 4 is 11.8 Å². The average molecular weight is 418 g/mol. The highest BCUT2D eigenvalue weighted by Crippen LogP contribution is 2.29. The highest BCUT2D eigenvalue weighted by atomic mass is 16.5. The van der Waals surface area contributed by atoms with Gasteiger partial charge in [-0.1, -0.05) is 30.3 Å². The zero-order valence-corrected chi connectivity index (χ0v) is 16.8. The third-order valence-electron chi connectivity index (χ3n) is 5.00. The lowest BCUT2D eigenvalue weighted by atomic mass is 10.0. The van der Waals surface area contributed by atoms with Crippen LogP contribution in [0.15, 0.2) is 67.0 Å². The molecule has 3 aromatic rings. The first-order valence-electron chi connectivity index (χ1n) is 9.90. The Hall–Kier alpha value is -3.78. The number of amides is 2. The van der Waals surface area contributed by atoms with Crippen LogP contribution in [0.4, 0.5) is 0 Å². The van der Waals surface area contributed by atoms with Crippen molar-refractivity contribution in [2.24, 2.45) is 5.73 Å². The van der Waals surface area contributed by atoms with Gasteiger partial charge in [-0.3, -0.25) is 19.6 Å². The molecule has 8 heteroatoms. The third-order valence-corrected chi connectivity index (χ3v) is 5.00. The molecule has 1 saturated heterocycles. The van der Waals surface area contributed by atoms with Gasteiger partial charge in [0.2, 0.25) is 5.91 Å². The Labute approximate surface area is 179 Å². The van der Waals surface area contributed by atoms with E-state index in [4.69, 9.17) is 15.2 Å². The van der Waals surface area contributed by atoms with Gasteiger partial charge in [0.1, 0.15) is 11.9 Å². The van der Waals surface area contributed by atoms with Gasteiger partial charge in [0, 0.05) is 30.1 Å². The molecular formula is C23H22N4O4. The molecule has 31 heavy (non-hydrogen) atoms. The number of nitrogens with two attached hydrogens (primary N) is 1. The Kier molecular flexibility index (Phi) is 6.18. The molecule has 0 spiro atoms. The quantitative estimate of drug-likeness (QED) is 0.658. The monoisotopic (exact) mass is 418 g/mol. The maximum Gasteiger partial charge on any atom is 0.260 e. The fourth-order valence-electron chi connectivity index (χ4n) is 3.39. The lowest BCUT2D eigenvalue weighted by Crippen LogP contribution is -2.44. The molecule has 0 bridgehead atoms. The van der Waals surface area contributed by atoms with Crippen LogP contribution in [0, 0.1) is 0 Å². The SMILES string of the molecule is NC(=O)c1ccc(-c2nccnc2[C@@H]2CN(C(=O)COc3ccccc3)CCO2)cc1. The minimum atomic E-state index is -0.492. The zero-order chi connectivity index (χ0) is 21.6. The molecule has 1 aromatic heterocycles. The summed E-state index contributed by atoms with van der Waals surface area (Å²) in [6.45, 7) is 1.18. The van der Waals surface area contributed by atoms with Gasteiger partial charge in [0.15, 0.2) is 6.61 Å². The van der Waals surface area contributed by atoms with Crippen LogP contribution in [-0.4, -0.2) is 53.0 Å². The van der Waals surface area contributed by atoms with Crippen molar-refractivity contribution in [1.82, 2.24) is 14.9 Å². The van der Waals surface area contributed by atoms with E-state index in [9.17, 15) is 9.59 Å². The van der Waals surface area contributed by atoms with Gasteiger partial charge in [0.05, 0.1) is 24.5 Å². The van der Waals surface area contributed by atoms with Crippen LogP contribution >= 0.6 is 0 Å².